The zero-order chi connectivity index (χ0) is 17.6. The van der Waals surface area contributed by atoms with Gasteiger partial charge in [0.2, 0.25) is 15.9 Å². The molecule has 2 aromatic rings. The van der Waals surface area contributed by atoms with E-state index in [4.69, 9.17) is 0 Å². The van der Waals surface area contributed by atoms with Crippen LogP contribution in [0.4, 0.5) is 5.69 Å². The summed E-state index contributed by atoms with van der Waals surface area (Å²) < 4.78 is 28.2. The summed E-state index contributed by atoms with van der Waals surface area (Å²) in [5.41, 5.74) is 0.471. The highest BCUT2D eigenvalue weighted by molar-refractivity contribution is 7.89. The average molecular weight is 350 g/mol. The fraction of sp³-hybridized carbons (Fsp3) is 0.375. The Morgan fingerprint density at radius 1 is 1.29 bits per heavy atom. The molecule has 1 aromatic heterocycles. The first-order valence-corrected chi connectivity index (χ1v) is 9.27. The number of imidazole rings is 1. The van der Waals surface area contributed by atoms with Crippen molar-refractivity contribution in [1.82, 2.24) is 13.9 Å². The maximum Gasteiger partial charge on any atom is 0.243 e. The van der Waals surface area contributed by atoms with E-state index < -0.39 is 10.0 Å². The van der Waals surface area contributed by atoms with Crippen LogP contribution in [0.2, 0.25) is 0 Å². The van der Waals surface area contributed by atoms with Crippen LogP contribution in [0.3, 0.4) is 0 Å². The van der Waals surface area contributed by atoms with E-state index in [2.05, 4.69) is 10.3 Å². The number of benzene rings is 1. The lowest BCUT2D eigenvalue weighted by Gasteiger charge is -2.18. The third-order valence-corrected chi connectivity index (χ3v) is 5.66. The molecule has 0 spiro atoms. The molecule has 0 radical (unpaired) electrons. The van der Waals surface area contributed by atoms with Gasteiger partial charge in [-0.15, -0.1) is 0 Å². The van der Waals surface area contributed by atoms with Crippen molar-refractivity contribution in [2.75, 3.05) is 18.4 Å². The van der Waals surface area contributed by atoms with E-state index in [1.807, 2.05) is 0 Å². The lowest BCUT2D eigenvalue weighted by Crippen LogP contribution is -2.30. The van der Waals surface area contributed by atoms with Crippen LogP contribution < -0.4 is 5.32 Å². The van der Waals surface area contributed by atoms with E-state index in [0.29, 0.717) is 25.3 Å². The number of aryl methyl sites for hydroxylation is 1. The molecular weight excluding hydrogens is 328 g/mol. The zero-order valence-electron chi connectivity index (χ0n) is 13.8. The third-order valence-electron chi connectivity index (χ3n) is 3.62. The quantitative estimate of drug-likeness (QED) is 0.788. The summed E-state index contributed by atoms with van der Waals surface area (Å²) in [6.45, 7) is 4.91. The Morgan fingerprint density at radius 3 is 2.67 bits per heavy atom. The predicted octanol–water partition coefficient (Wildman–Crippen LogP) is 1.94. The molecule has 130 valence electrons. The first kappa shape index (κ1) is 18.2. The second-order valence-corrected chi connectivity index (χ2v) is 7.15. The molecule has 24 heavy (non-hydrogen) atoms. The lowest BCUT2D eigenvalue weighted by atomic mass is 10.3. The largest absolute Gasteiger partial charge is 0.337 e. The second-order valence-electron chi connectivity index (χ2n) is 5.22. The molecule has 0 fully saturated rings. The van der Waals surface area contributed by atoms with Crippen LogP contribution in [-0.2, 0) is 21.4 Å². The van der Waals surface area contributed by atoms with Crippen molar-refractivity contribution in [3.8, 4) is 0 Å². The van der Waals surface area contributed by atoms with Crippen LogP contribution in [0.1, 0.15) is 20.3 Å². The van der Waals surface area contributed by atoms with Crippen molar-refractivity contribution in [2.24, 2.45) is 0 Å². The summed E-state index contributed by atoms with van der Waals surface area (Å²) in [5, 5.41) is 2.74. The van der Waals surface area contributed by atoms with Crippen LogP contribution in [0, 0.1) is 0 Å². The van der Waals surface area contributed by atoms with Gasteiger partial charge >= 0.3 is 0 Å². The van der Waals surface area contributed by atoms with E-state index in [-0.39, 0.29) is 17.2 Å². The fourth-order valence-electron chi connectivity index (χ4n) is 2.32. The number of sulfonamides is 1. The molecule has 0 aliphatic rings. The van der Waals surface area contributed by atoms with E-state index in [0.717, 1.165) is 0 Å². The number of carbonyl (C=O) groups is 1. The van der Waals surface area contributed by atoms with Crippen molar-refractivity contribution < 1.29 is 13.2 Å². The van der Waals surface area contributed by atoms with E-state index in [9.17, 15) is 13.2 Å². The van der Waals surface area contributed by atoms with Gasteiger partial charge in [-0.3, -0.25) is 4.79 Å². The van der Waals surface area contributed by atoms with Crippen LogP contribution in [-0.4, -0.2) is 41.3 Å². The molecule has 0 bridgehead atoms. The summed E-state index contributed by atoms with van der Waals surface area (Å²) in [7, 11) is -3.54. The van der Waals surface area contributed by atoms with Crippen LogP contribution >= 0.6 is 0 Å². The van der Waals surface area contributed by atoms with Gasteiger partial charge in [-0.2, -0.15) is 4.31 Å². The molecule has 1 aromatic carbocycles. The Hall–Kier alpha value is -2.19. The number of hydrogen-bond donors (Lipinski definition) is 1. The topological polar surface area (TPSA) is 84.3 Å². The number of anilines is 1. The van der Waals surface area contributed by atoms with E-state index in [1.54, 1.807) is 49.3 Å². The molecule has 0 aliphatic carbocycles. The van der Waals surface area contributed by atoms with Gasteiger partial charge in [-0.1, -0.05) is 19.9 Å². The van der Waals surface area contributed by atoms with Gasteiger partial charge in [0.25, 0.3) is 0 Å². The lowest BCUT2D eigenvalue weighted by molar-refractivity contribution is -0.116. The monoisotopic (exact) mass is 350 g/mol. The normalized spacial score (nSPS) is 11.6. The number of nitrogens with zero attached hydrogens (tertiary/aromatic N) is 3. The van der Waals surface area contributed by atoms with Crippen molar-refractivity contribution >= 4 is 21.6 Å². The summed E-state index contributed by atoms with van der Waals surface area (Å²) >= 11 is 0. The zero-order valence-corrected chi connectivity index (χ0v) is 14.7. The number of aromatic nitrogens is 2. The number of hydrogen-bond acceptors (Lipinski definition) is 4. The molecule has 7 nitrogen and oxygen atoms in total. The Bertz CT molecular complexity index is 768. The van der Waals surface area contributed by atoms with Gasteiger partial charge in [-0.05, 0) is 18.2 Å². The molecule has 8 heteroatoms. The molecule has 1 N–H and O–H groups in total. The molecule has 1 heterocycles. The molecular formula is C16H22N4O3S. The molecule has 2 rings (SSSR count). The van der Waals surface area contributed by atoms with Crippen molar-refractivity contribution in [3.63, 3.8) is 0 Å². The molecule has 0 saturated carbocycles. The predicted molar refractivity (Wildman–Crippen MR) is 92.0 cm³/mol. The van der Waals surface area contributed by atoms with Crippen LogP contribution in [0.25, 0.3) is 0 Å². The Kier molecular flexibility index (Phi) is 6.10. The van der Waals surface area contributed by atoms with Gasteiger partial charge in [0, 0.05) is 44.1 Å². The minimum atomic E-state index is -3.54. The van der Waals surface area contributed by atoms with Gasteiger partial charge in [0.1, 0.15) is 0 Å². The summed E-state index contributed by atoms with van der Waals surface area (Å²) in [6.07, 6.45) is 5.36. The number of carbonyl (C=O) groups excluding carboxylic acids is 1. The van der Waals surface area contributed by atoms with Gasteiger partial charge in [-0.25, -0.2) is 13.4 Å². The Morgan fingerprint density at radius 2 is 2.04 bits per heavy atom. The number of nitrogens with one attached hydrogen (secondary N) is 1. The second kappa shape index (κ2) is 8.07. The average Bonchev–Trinajstić information content (AvgIpc) is 3.07. The highest BCUT2D eigenvalue weighted by Crippen LogP contribution is 2.19. The molecule has 0 atom stereocenters. The highest BCUT2D eigenvalue weighted by Gasteiger charge is 2.21. The minimum Gasteiger partial charge on any atom is -0.337 e. The minimum absolute atomic E-state index is 0.179. The summed E-state index contributed by atoms with van der Waals surface area (Å²) in [4.78, 5) is 16.1. The summed E-state index contributed by atoms with van der Waals surface area (Å²) in [6, 6.07) is 6.33. The first-order valence-electron chi connectivity index (χ1n) is 7.83. The number of amides is 1. The van der Waals surface area contributed by atoms with Crippen molar-refractivity contribution in [3.05, 3.63) is 43.0 Å². The van der Waals surface area contributed by atoms with Crippen LogP contribution in [0.5, 0.6) is 0 Å². The fourth-order valence-corrected chi connectivity index (χ4v) is 3.82. The molecule has 1 amide bonds. The Balaban J connectivity index is 2.06. The van der Waals surface area contributed by atoms with Gasteiger partial charge in [0.05, 0.1) is 11.2 Å². The first-order chi connectivity index (χ1) is 11.5. The molecule has 0 unspecified atom stereocenters. The SMILES string of the molecule is CCN(CC)S(=O)(=O)c1cccc(NC(=O)CCn2ccnc2)c1. The molecule has 0 saturated heterocycles. The molecule has 0 aliphatic heterocycles. The third kappa shape index (κ3) is 4.42. The maximum atomic E-state index is 12.5. The Labute approximate surface area is 142 Å². The van der Waals surface area contributed by atoms with Crippen molar-refractivity contribution in [2.45, 2.75) is 31.7 Å². The maximum absolute atomic E-state index is 12.5. The standard InChI is InChI=1S/C16H22N4O3S/c1-3-20(4-2)24(22,23)15-7-5-6-14(12-15)18-16(21)8-10-19-11-9-17-13-19/h5-7,9,11-13H,3-4,8,10H2,1-2H3,(H,18,21). The van der Waals surface area contributed by atoms with Crippen LogP contribution in [0.15, 0.2) is 47.9 Å². The highest BCUT2D eigenvalue weighted by atomic mass is 32.2. The van der Waals surface area contributed by atoms with Crippen molar-refractivity contribution in [1.29, 1.82) is 0 Å². The van der Waals surface area contributed by atoms with Gasteiger partial charge < -0.3 is 9.88 Å². The summed E-state index contributed by atoms with van der Waals surface area (Å²) in [5.74, 6) is -0.180. The van der Waals surface area contributed by atoms with E-state index in [1.165, 1.54) is 16.4 Å². The van der Waals surface area contributed by atoms with E-state index >= 15 is 0 Å². The van der Waals surface area contributed by atoms with Gasteiger partial charge in [0.15, 0.2) is 0 Å². The number of rotatable bonds is 8. The smallest absolute Gasteiger partial charge is 0.243 e.